The van der Waals surface area contributed by atoms with Gasteiger partial charge in [0.1, 0.15) is 5.82 Å². The highest BCUT2D eigenvalue weighted by molar-refractivity contribution is 5.37. The molecule has 0 aromatic carbocycles. The molecule has 0 aliphatic heterocycles. The largest absolute Gasteiger partial charge is 0.368 e. The second kappa shape index (κ2) is 5.19. The molecule has 3 rings (SSSR count). The monoisotopic (exact) mass is 285 g/mol. The lowest BCUT2D eigenvalue weighted by Crippen LogP contribution is -2.23. The average Bonchev–Trinajstić information content (AvgIpc) is 3.11. The van der Waals surface area contributed by atoms with Gasteiger partial charge in [-0.1, -0.05) is 0 Å². The van der Waals surface area contributed by atoms with Crippen LogP contribution in [0.15, 0.2) is 30.9 Å². The molecule has 0 radical (unpaired) electrons. The van der Waals surface area contributed by atoms with Crippen LogP contribution in [0.3, 0.4) is 0 Å². The van der Waals surface area contributed by atoms with Gasteiger partial charge in [0.25, 0.3) is 5.95 Å². The van der Waals surface area contributed by atoms with Crippen LogP contribution in [0.5, 0.6) is 0 Å². The lowest BCUT2D eigenvalue weighted by molar-refractivity contribution is 0.733. The molecule has 0 saturated carbocycles. The lowest BCUT2D eigenvalue weighted by Gasteiger charge is -2.17. The molecule has 9 nitrogen and oxygen atoms in total. The summed E-state index contributed by atoms with van der Waals surface area (Å²) in [5, 5.41) is 4.09. The first-order valence-corrected chi connectivity index (χ1v) is 6.32. The molecule has 21 heavy (non-hydrogen) atoms. The Morgan fingerprint density at radius 3 is 2.71 bits per heavy atom. The van der Waals surface area contributed by atoms with Gasteiger partial charge >= 0.3 is 0 Å². The van der Waals surface area contributed by atoms with Crippen LogP contribution in [0.4, 0.5) is 11.9 Å². The molecule has 0 amide bonds. The van der Waals surface area contributed by atoms with Crippen molar-refractivity contribution in [3.63, 3.8) is 0 Å². The molecule has 2 N–H and O–H groups in total. The maximum Gasteiger partial charge on any atom is 0.257 e. The quantitative estimate of drug-likeness (QED) is 0.720. The van der Waals surface area contributed by atoms with E-state index in [-0.39, 0.29) is 5.95 Å². The van der Waals surface area contributed by atoms with Crippen molar-refractivity contribution in [2.75, 3.05) is 17.7 Å². The molecule has 3 aromatic rings. The molecular weight excluding hydrogens is 270 g/mol. The average molecular weight is 285 g/mol. The first-order chi connectivity index (χ1) is 10.1. The molecule has 3 heterocycles. The van der Waals surface area contributed by atoms with Crippen molar-refractivity contribution in [2.24, 2.45) is 7.05 Å². The van der Waals surface area contributed by atoms with Crippen molar-refractivity contribution in [1.29, 1.82) is 0 Å². The van der Waals surface area contributed by atoms with Crippen LogP contribution < -0.4 is 10.6 Å². The Labute approximate surface area is 121 Å². The molecule has 0 atom stereocenters. The number of nitrogens with two attached hydrogens (primary N) is 1. The zero-order chi connectivity index (χ0) is 14.8. The molecule has 0 aliphatic rings. The van der Waals surface area contributed by atoms with Crippen LogP contribution in [-0.4, -0.2) is 41.3 Å². The van der Waals surface area contributed by atoms with E-state index in [9.17, 15) is 0 Å². The van der Waals surface area contributed by atoms with E-state index in [1.54, 1.807) is 24.7 Å². The Morgan fingerprint density at radius 2 is 2.05 bits per heavy atom. The van der Waals surface area contributed by atoms with Gasteiger partial charge < -0.3 is 15.2 Å². The molecule has 9 heteroatoms. The fourth-order valence-corrected chi connectivity index (χ4v) is 1.86. The van der Waals surface area contributed by atoms with E-state index in [0.717, 1.165) is 5.82 Å². The predicted molar refractivity (Wildman–Crippen MR) is 76.7 cm³/mol. The van der Waals surface area contributed by atoms with Gasteiger partial charge in [-0.3, -0.25) is 0 Å². The summed E-state index contributed by atoms with van der Waals surface area (Å²) < 4.78 is 3.48. The fraction of sp³-hybridized carbons (Fsp3) is 0.250. The Balaban J connectivity index is 1.89. The van der Waals surface area contributed by atoms with Crippen molar-refractivity contribution in [3.05, 3.63) is 36.7 Å². The highest BCUT2D eigenvalue weighted by Gasteiger charge is 2.12. The molecule has 0 spiro atoms. The van der Waals surface area contributed by atoms with Crippen LogP contribution in [-0.2, 0) is 13.6 Å². The number of nitrogen functional groups attached to an aromatic ring is 1. The molecular formula is C12H15N9. The van der Waals surface area contributed by atoms with Gasteiger partial charge in [-0.2, -0.15) is 20.1 Å². The number of rotatable bonds is 4. The lowest BCUT2D eigenvalue weighted by atomic mass is 10.5. The second-order valence-corrected chi connectivity index (χ2v) is 4.55. The van der Waals surface area contributed by atoms with E-state index in [4.69, 9.17) is 5.73 Å². The third kappa shape index (κ3) is 2.66. The van der Waals surface area contributed by atoms with Crippen LogP contribution in [0, 0.1) is 0 Å². The van der Waals surface area contributed by atoms with E-state index in [2.05, 4.69) is 25.0 Å². The van der Waals surface area contributed by atoms with E-state index < -0.39 is 0 Å². The number of hydrogen-bond acceptors (Lipinski definition) is 7. The van der Waals surface area contributed by atoms with Gasteiger partial charge in [0.2, 0.25) is 11.9 Å². The zero-order valence-corrected chi connectivity index (χ0v) is 11.7. The third-order valence-electron chi connectivity index (χ3n) is 2.98. The molecule has 0 unspecified atom stereocenters. The molecule has 0 aliphatic carbocycles. The Kier molecular flexibility index (Phi) is 3.22. The van der Waals surface area contributed by atoms with Crippen molar-refractivity contribution < 1.29 is 0 Å². The standard InChI is InChI=1S/C12H15N9/c1-19-7-5-14-9(19)8-20(2)11-16-10(13)17-12(18-11)21-6-3-4-15-21/h3-7H,8H2,1-2H3,(H2,13,16,17,18). The summed E-state index contributed by atoms with van der Waals surface area (Å²) in [6, 6.07) is 1.79. The van der Waals surface area contributed by atoms with Gasteiger partial charge in [-0.05, 0) is 6.07 Å². The summed E-state index contributed by atoms with van der Waals surface area (Å²) in [5.74, 6) is 1.90. The Morgan fingerprint density at radius 1 is 1.19 bits per heavy atom. The van der Waals surface area contributed by atoms with E-state index in [1.165, 1.54) is 4.68 Å². The van der Waals surface area contributed by atoms with Crippen molar-refractivity contribution in [3.8, 4) is 5.95 Å². The van der Waals surface area contributed by atoms with Crippen molar-refractivity contribution in [2.45, 2.75) is 6.54 Å². The van der Waals surface area contributed by atoms with Gasteiger partial charge in [0.05, 0.1) is 6.54 Å². The smallest absolute Gasteiger partial charge is 0.257 e. The summed E-state index contributed by atoms with van der Waals surface area (Å²) in [5.41, 5.74) is 5.76. The van der Waals surface area contributed by atoms with Crippen LogP contribution in [0.2, 0.25) is 0 Å². The first kappa shape index (κ1) is 13.0. The predicted octanol–water partition coefficient (Wildman–Crippen LogP) is 0.00940. The maximum atomic E-state index is 5.76. The van der Waals surface area contributed by atoms with Crippen molar-refractivity contribution in [1.82, 2.24) is 34.3 Å². The fourth-order valence-electron chi connectivity index (χ4n) is 1.86. The van der Waals surface area contributed by atoms with Crippen LogP contribution in [0.25, 0.3) is 5.95 Å². The van der Waals surface area contributed by atoms with E-state index in [0.29, 0.717) is 18.4 Å². The minimum Gasteiger partial charge on any atom is -0.368 e. The summed E-state index contributed by atoms with van der Waals surface area (Å²) in [7, 11) is 3.81. The minimum absolute atomic E-state index is 0.150. The van der Waals surface area contributed by atoms with Gasteiger partial charge in [0.15, 0.2) is 0 Å². The van der Waals surface area contributed by atoms with Gasteiger partial charge in [0, 0.05) is 38.9 Å². The summed E-state index contributed by atoms with van der Waals surface area (Å²) in [6.07, 6.45) is 7.04. The molecule has 0 saturated heterocycles. The van der Waals surface area contributed by atoms with Gasteiger partial charge in [-0.25, -0.2) is 9.67 Å². The number of aromatic nitrogens is 7. The summed E-state index contributed by atoms with van der Waals surface area (Å²) in [6.45, 7) is 0.561. The number of anilines is 2. The Bertz CT molecular complexity index is 731. The summed E-state index contributed by atoms with van der Waals surface area (Å²) in [4.78, 5) is 18.7. The maximum absolute atomic E-state index is 5.76. The topological polar surface area (TPSA) is 104 Å². The van der Waals surface area contributed by atoms with Crippen LogP contribution >= 0.6 is 0 Å². The summed E-state index contributed by atoms with van der Waals surface area (Å²) >= 11 is 0. The molecule has 3 aromatic heterocycles. The van der Waals surface area contributed by atoms with Crippen LogP contribution in [0.1, 0.15) is 5.82 Å². The van der Waals surface area contributed by atoms with E-state index >= 15 is 0 Å². The molecule has 0 fully saturated rings. The second-order valence-electron chi connectivity index (χ2n) is 4.55. The van der Waals surface area contributed by atoms with Gasteiger partial charge in [-0.15, -0.1) is 0 Å². The van der Waals surface area contributed by atoms with Crippen molar-refractivity contribution >= 4 is 11.9 Å². The normalized spacial score (nSPS) is 10.8. The first-order valence-electron chi connectivity index (χ1n) is 6.32. The molecule has 108 valence electrons. The zero-order valence-electron chi connectivity index (χ0n) is 11.7. The highest BCUT2D eigenvalue weighted by Crippen LogP contribution is 2.12. The number of aryl methyl sites for hydroxylation is 1. The third-order valence-corrected chi connectivity index (χ3v) is 2.98. The SMILES string of the molecule is CN(Cc1nccn1C)c1nc(N)nc(-n2cccn2)n1. The number of hydrogen-bond donors (Lipinski definition) is 1. The minimum atomic E-state index is 0.150. The Hall–Kier alpha value is -2.97. The molecule has 0 bridgehead atoms. The highest BCUT2D eigenvalue weighted by atomic mass is 15.4. The number of imidazole rings is 1. The number of nitrogens with zero attached hydrogens (tertiary/aromatic N) is 8. The van der Waals surface area contributed by atoms with E-state index in [1.807, 2.05) is 29.8 Å².